The van der Waals surface area contributed by atoms with E-state index in [1.165, 1.54) is 0 Å². The molecule has 114 valence electrons. The van der Waals surface area contributed by atoms with Gasteiger partial charge in [-0.1, -0.05) is 0 Å². The number of hydrogen-bond donors (Lipinski definition) is 2. The number of nitrogens with two attached hydrogens (primary N) is 1. The van der Waals surface area contributed by atoms with E-state index in [1.807, 2.05) is 0 Å². The molecule has 7 nitrogen and oxygen atoms in total. The van der Waals surface area contributed by atoms with Crippen molar-refractivity contribution in [3.8, 4) is 0 Å². The molecule has 1 heterocycles. The molecule has 1 aliphatic rings. The summed E-state index contributed by atoms with van der Waals surface area (Å²) in [6.45, 7) is -0.0985. The quantitative estimate of drug-likeness (QED) is 0.812. The van der Waals surface area contributed by atoms with Gasteiger partial charge >= 0.3 is 5.97 Å². The summed E-state index contributed by atoms with van der Waals surface area (Å²) >= 11 is 0. The van der Waals surface area contributed by atoms with E-state index in [2.05, 4.69) is 0 Å². The maximum Gasteiger partial charge on any atom is 0.337 e. The summed E-state index contributed by atoms with van der Waals surface area (Å²) in [5.74, 6) is -3.57. The predicted octanol–water partition coefficient (Wildman–Crippen LogP) is 0.0198. The Labute approximate surface area is 120 Å². The Kier molecular flexibility index (Phi) is 3.97. The van der Waals surface area contributed by atoms with Crippen molar-refractivity contribution in [1.29, 1.82) is 0 Å². The minimum Gasteiger partial charge on any atom is -0.478 e. The zero-order valence-corrected chi connectivity index (χ0v) is 11.6. The van der Waals surface area contributed by atoms with Crippen LogP contribution in [0.3, 0.4) is 0 Å². The highest BCUT2D eigenvalue weighted by Crippen LogP contribution is 2.27. The molecule has 21 heavy (non-hydrogen) atoms. The number of nitrogens with zero attached hydrogens (tertiary/aromatic N) is 1. The summed E-state index contributed by atoms with van der Waals surface area (Å²) in [6, 6.07) is 2.43. The van der Waals surface area contributed by atoms with Crippen molar-refractivity contribution >= 4 is 21.9 Å². The Morgan fingerprint density at radius 2 is 2.05 bits per heavy atom. The van der Waals surface area contributed by atoms with E-state index in [-0.39, 0.29) is 19.5 Å². The molecule has 0 radical (unpaired) electrons. The van der Waals surface area contributed by atoms with Gasteiger partial charge in [0.1, 0.15) is 5.82 Å². The molecule has 1 aromatic carbocycles. The zero-order valence-electron chi connectivity index (χ0n) is 10.8. The molecule has 1 fully saturated rings. The summed E-state index contributed by atoms with van der Waals surface area (Å²) in [5, 5.41) is 9.02. The number of carboxylic acid groups (broad SMARTS) is 1. The number of rotatable bonds is 4. The number of carbonyl (C=O) groups is 2. The fourth-order valence-corrected chi connectivity index (χ4v) is 3.90. The lowest BCUT2D eigenvalue weighted by Crippen LogP contribution is -2.32. The molecule has 9 heteroatoms. The van der Waals surface area contributed by atoms with Gasteiger partial charge in [0.25, 0.3) is 0 Å². The Morgan fingerprint density at radius 1 is 1.38 bits per heavy atom. The summed E-state index contributed by atoms with van der Waals surface area (Å²) in [5.41, 5.74) is 4.61. The van der Waals surface area contributed by atoms with Gasteiger partial charge in [0.2, 0.25) is 15.9 Å². The first kappa shape index (κ1) is 15.4. The van der Waals surface area contributed by atoms with Crippen molar-refractivity contribution < 1.29 is 27.5 Å². The third-order valence-corrected chi connectivity index (χ3v) is 5.25. The van der Waals surface area contributed by atoms with Gasteiger partial charge in [-0.15, -0.1) is 0 Å². The number of hydrogen-bond acceptors (Lipinski definition) is 4. The Hall–Kier alpha value is -2.00. The van der Waals surface area contributed by atoms with Crippen LogP contribution in [0.2, 0.25) is 0 Å². The van der Waals surface area contributed by atoms with E-state index in [9.17, 15) is 22.4 Å². The highest BCUT2D eigenvalue weighted by atomic mass is 32.2. The van der Waals surface area contributed by atoms with Crippen molar-refractivity contribution in [3.05, 3.63) is 29.6 Å². The maximum absolute atomic E-state index is 13.3. The van der Waals surface area contributed by atoms with Gasteiger partial charge in [-0.05, 0) is 24.6 Å². The molecule has 3 N–H and O–H groups in total. The largest absolute Gasteiger partial charge is 0.478 e. The first-order valence-corrected chi connectivity index (χ1v) is 7.50. The molecular weight excluding hydrogens is 303 g/mol. The van der Waals surface area contributed by atoms with Gasteiger partial charge in [-0.25, -0.2) is 17.6 Å². The van der Waals surface area contributed by atoms with Crippen LogP contribution in [0.25, 0.3) is 0 Å². The van der Waals surface area contributed by atoms with Crippen LogP contribution in [0.5, 0.6) is 0 Å². The van der Waals surface area contributed by atoms with E-state index in [0.29, 0.717) is 6.07 Å². The molecule has 2 rings (SSSR count). The minimum absolute atomic E-state index is 0.0332. The lowest BCUT2D eigenvalue weighted by atomic mass is 10.1. The highest BCUT2D eigenvalue weighted by molar-refractivity contribution is 7.89. The molecule has 1 amide bonds. The number of sulfonamides is 1. The van der Waals surface area contributed by atoms with Crippen LogP contribution in [-0.2, 0) is 14.8 Å². The molecule has 0 spiro atoms. The van der Waals surface area contributed by atoms with Crippen LogP contribution < -0.4 is 5.73 Å². The van der Waals surface area contributed by atoms with Crippen molar-refractivity contribution in [3.63, 3.8) is 0 Å². The number of primary amides is 1. The first-order valence-electron chi connectivity index (χ1n) is 6.06. The van der Waals surface area contributed by atoms with Crippen LogP contribution >= 0.6 is 0 Å². The fraction of sp³-hybridized carbons (Fsp3) is 0.333. The van der Waals surface area contributed by atoms with E-state index in [0.717, 1.165) is 16.4 Å². The SMILES string of the molecule is NC(=O)C1CCN(S(=O)(=O)c2cc(F)ccc2C(=O)O)C1. The van der Waals surface area contributed by atoms with Crippen LogP contribution in [0.15, 0.2) is 23.1 Å². The number of benzene rings is 1. The lowest BCUT2D eigenvalue weighted by Gasteiger charge is -2.17. The molecular formula is C12H13FN2O5S. The van der Waals surface area contributed by atoms with Gasteiger partial charge in [0.15, 0.2) is 0 Å². The van der Waals surface area contributed by atoms with Gasteiger partial charge < -0.3 is 10.8 Å². The van der Waals surface area contributed by atoms with Crippen molar-refractivity contribution in [1.82, 2.24) is 4.31 Å². The van der Waals surface area contributed by atoms with E-state index in [4.69, 9.17) is 10.8 Å². The normalized spacial score (nSPS) is 19.6. The second-order valence-electron chi connectivity index (χ2n) is 4.70. The molecule has 0 saturated carbocycles. The maximum atomic E-state index is 13.3. The van der Waals surface area contributed by atoms with Crippen molar-refractivity contribution in [2.45, 2.75) is 11.3 Å². The van der Waals surface area contributed by atoms with Crippen LogP contribution in [0.1, 0.15) is 16.8 Å². The molecule has 0 bridgehead atoms. The standard InChI is InChI=1S/C12H13FN2O5S/c13-8-1-2-9(12(17)18)10(5-8)21(19,20)15-4-3-7(6-15)11(14)16/h1-2,5,7H,3-4,6H2,(H2,14,16)(H,17,18). The number of carboxylic acids is 1. The van der Waals surface area contributed by atoms with E-state index in [1.54, 1.807) is 0 Å². The second kappa shape index (κ2) is 5.41. The zero-order chi connectivity index (χ0) is 15.8. The molecule has 1 atom stereocenters. The third kappa shape index (κ3) is 2.88. The van der Waals surface area contributed by atoms with Crippen LogP contribution in [0.4, 0.5) is 4.39 Å². The van der Waals surface area contributed by atoms with Crippen LogP contribution in [-0.4, -0.2) is 42.8 Å². The Balaban J connectivity index is 2.43. The smallest absolute Gasteiger partial charge is 0.337 e. The summed E-state index contributed by atoms with van der Waals surface area (Å²) in [7, 11) is -4.20. The average Bonchev–Trinajstić information content (AvgIpc) is 2.88. The average molecular weight is 316 g/mol. The lowest BCUT2D eigenvalue weighted by molar-refractivity contribution is -0.121. The first-order chi connectivity index (χ1) is 9.73. The fourth-order valence-electron chi connectivity index (χ4n) is 2.20. The van der Waals surface area contributed by atoms with Crippen LogP contribution in [0, 0.1) is 11.7 Å². The van der Waals surface area contributed by atoms with Gasteiger partial charge in [0.05, 0.1) is 16.4 Å². The van der Waals surface area contributed by atoms with Gasteiger partial charge in [0, 0.05) is 13.1 Å². The van der Waals surface area contributed by atoms with Crippen molar-refractivity contribution in [2.75, 3.05) is 13.1 Å². The molecule has 0 aliphatic carbocycles. The third-order valence-electron chi connectivity index (χ3n) is 3.35. The number of amides is 1. The topological polar surface area (TPSA) is 118 Å². The Morgan fingerprint density at radius 3 is 2.57 bits per heavy atom. The second-order valence-corrected chi connectivity index (χ2v) is 6.60. The molecule has 1 aliphatic heterocycles. The predicted molar refractivity (Wildman–Crippen MR) is 69.4 cm³/mol. The summed E-state index contributed by atoms with van der Waals surface area (Å²) in [6.07, 6.45) is 0.256. The highest BCUT2D eigenvalue weighted by Gasteiger charge is 2.37. The number of aromatic carboxylic acids is 1. The number of halogens is 1. The number of carbonyl (C=O) groups excluding carboxylic acids is 1. The summed E-state index contributed by atoms with van der Waals surface area (Å²) < 4.78 is 39.1. The van der Waals surface area contributed by atoms with Crippen molar-refractivity contribution in [2.24, 2.45) is 11.7 Å². The van der Waals surface area contributed by atoms with Gasteiger partial charge in [-0.3, -0.25) is 4.79 Å². The molecule has 1 saturated heterocycles. The Bertz CT molecular complexity index is 704. The molecule has 1 aromatic rings. The minimum atomic E-state index is -4.20. The monoisotopic (exact) mass is 316 g/mol. The molecule has 0 aromatic heterocycles. The van der Waals surface area contributed by atoms with E-state index < -0.39 is 44.1 Å². The van der Waals surface area contributed by atoms with Gasteiger partial charge in [-0.2, -0.15) is 4.31 Å². The van der Waals surface area contributed by atoms with E-state index >= 15 is 0 Å². The molecule has 1 unspecified atom stereocenters. The summed E-state index contributed by atoms with van der Waals surface area (Å²) in [4.78, 5) is 21.5.